The van der Waals surface area contributed by atoms with Crippen LogP contribution >= 0.6 is 27.3 Å². The molecular formula is C13H18BrN3OS. The van der Waals surface area contributed by atoms with E-state index in [0.29, 0.717) is 18.3 Å². The van der Waals surface area contributed by atoms with Crippen molar-refractivity contribution in [2.24, 2.45) is 11.1 Å². The van der Waals surface area contributed by atoms with Crippen LogP contribution in [0.25, 0.3) is 10.7 Å². The molecule has 0 radical (unpaired) electrons. The number of hydrogen-bond acceptors (Lipinski definition) is 5. The molecule has 1 unspecified atom stereocenters. The van der Waals surface area contributed by atoms with Crippen LogP contribution in [0.2, 0.25) is 0 Å². The normalized spacial score (nSPS) is 13.7. The predicted molar refractivity (Wildman–Crippen MR) is 81.2 cm³/mol. The lowest BCUT2D eigenvalue weighted by Gasteiger charge is -2.22. The Balaban J connectivity index is 2.19. The van der Waals surface area contributed by atoms with Gasteiger partial charge in [-0.15, -0.1) is 11.3 Å². The van der Waals surface area contributed by atoms with Gasteiger partial charge >= 0.3 is 0 Å². The van der Waals surface area contributed by atoms with E-state index in [-0.39, 0.29) is 11.3 Å². The van der Waals surface area contributed by atoms with Crippen LogP contribution in [0.1, 0.15) is 39.0 Å². The van der Waals surface area contributed by atoms with Gasteiger partial charge in [0.2, 0.25) is 11.7 Å². The van der Waals surface area contributed by atoms with Gasteiger partial charge in [-0.05, 0) is 39.9 Å². The Hall–Kier alpha value is -0.720. The summed E-state index contributed by atoms with van der Waals surface area (Å²) in [6, 6.07) is 3.95. The molecule has 0 fully saturated rings. The molecule has 0 spiro atoms. The summed E-state index contributed by atoms with van der Waals surface area (Å²) in [5.74, 6) is 1.39. The third-order valence-electron chi connectivity index (χ3n) is 2.73. The van der Waals surface area contributed by atoms with Crippen molar-refractivity contribution in [3.8, 4) is 10.7 Å². The first kappa shape index (κ1) is 14.7. The summed E-state index contributed by atoms with van der Waals surface area (Å²) >= 11 is 5.02. The largest absolute Gasteiger partial charge is 0.339 e. The number of aromatic nitrogens is 2. The third kappa shape index (κ3) is 3.87. The zero-order valence-electron chi connectivity index (χ0n) is 11.3. The molecule has 2 N–H and O–H groups in total. The second kappa shape index (κ2) is 5.73. The molecule has 0 bridgehead atoms. The number of nitrogens with two attached hydrogens (primary N) is 1. The molecule has 104 valence electrons. The summed E-state index contributed by atoms with van der Waals surface area (Å²) in [6.07, 6.45) is 0.930. The molecule has 19 heavy (non-hydrogen) atoms. The molecule has 2 rings (SSSR count). The van der Waals surface area contributed by atoms with Crippen LogP contribution < -0.4 is 5.73 Å². The Kier molecular flexibility index (Phi) is 4.43. The first-order valence-electron chi connectivity index (χ1n) is 6.18. The lowest BCUT2D eigenvalue weighted by Crippen LogP contribution is -2.19. The lowest BCUT2D eigenvalue weighted by atomic mass is 9.84. The van der Waals surface area contributed by atoms with Crippen molar-refractivity contribution in [3.05, 3.63) is 21.8 Å². The maximum atomic E-state index is 5.83. The van der Waals surface area contributed by atoms with Gasteiger partial charge in [0.05, 0.1) is 14.6 Å². The maximum absolute atomic E-state index is 5.83. The highest BCUT2D eigenvalue weighted by molar-refractivity contribution is 9.11. The molecule has 0 amide bonds. The Morgan fingerprint density at radius 1 is 1.42 bits per heavy atom. The van der Waals surface area contributed by atoms with Gasteiger partial charge in [-0.25, -0.2) is 0 Å². The molecule has 4 nitrogen and oxygen atoms in total. The molecule has 0 aliphatic rings. The molecule has 0 aromatic carbocycles. The van der Waals surface area contributed by atoms with Gasteiger partial charge in [-0.2, -0.15) is 4.98 Å². The quantitative estimate of drug-likeness (QED) is 0.909. The Morgan fingerprint density at radius 2 is 2.16 bits per heavy atom. The van der Waals surface area contributed by atoms with Crippen LogP contribution in [0, 0.1) is 5.41 Å². The average Bonchev–Trinajstić information content (AvgIpc) is 2.92. The van der Waals surface area contributed by atoms with Crippen LogP contribution in [-0.2, 0) is 0 Å². The summed E-state index contributed by atoms with van der Waals surface area (Å²) in [6.45, 7) is 7.07. The highest BCUT2D eigenvalue weighted by atomic mass is 79.9. The van der Waals surface area contributed by atoms with Crippen molar-refractivity contribution in [1.82, 2.24) is 10.1 Å². The number of hydrogen-bond donors (Lipinski definition) is 1. The van der Waals surface area contributed by atoms with E-state index in [4.69, 9.17) is 10.3 Å². The van der Waals surface area contributed by atoms with Crippen LogP contribution in [0.3, 0.4) is 0 Å². The zero-order valence-corrected chi connectivity index (χ0v) is 13.7. The first-order chi connectivity index (χ1) is 8.89. The number of rotatable bonds is 4. The second-order valence-electron chi connectivity index (χ2n) is 5.76. The summed E-state index contributed by atoms with van der Waals surface area (Å²) in [5, 5.41) is 4.05. The summed E-state index contributed by atoms with van der Waals surface area (Å²) < 4.78 is 6.43. The fraction of sp³-hybridized carbons (Fsp3) is 0.538. The standard InChI is InChI=1S/C13H18BrN3OS/c1-13(2,3)6-8(7-15)12-16-11(17-18-12)9-4-5-10(14)19-9/h4-5,8H,6-7,15H2,1-3H3. The predicted octanol–water partition coefficient (Wildman–Crippen LogP) is 4.04. The Morgan fingerprint density at radius 3 is 2.68 bits per heavy atom. The van der Waals surface area contributed by atoms with Gasteiger partial charge in [-0.1, -0.05) is 25.9 Å². The minimum atomic E-state index is 0.115. The van der Waals surface area contributed by atoms with E-state index in [2.05, 4.69) is 46.8 Å². The van der Waals surface area contributed by atoms with E-state index in [1.807, 2.05) is 12.1 Å². The molecular weight excluding hydrogens is 326 g/mol. The van der Waals surface area contributed by atoms with Crippen molar-refractivity contribution < 1.29 is 4.52 Å². The van der Waals surface area contributed by atoms with Crippen LogP contribution in [0.15, 0.2) is 20.4 Å². The van der Waals surface area contributed by atoms with E-state index < -0.39 is 0 Å². The highest BCUT2D eigenvalue weighted by Crippen LogP contribution is 2.33. The fourth-order valence-electron chi connectivity index (χ4n) is 1.95. The molecule has 1 atom stereocenters. The van der Waals surface area contributed by atoms with E-state index in [9.17, 15) is 0 Å². The number of nitrogens with zero attached hydrogens (tertiary/aromatic N) is 2. The monoisotopic (exact) mass is 343 g/mol. The van der Waals surface area contributed by atoms with E-state index in [1.54, 1.807) is 11.3 Å². The number of halogens is 1. The van der Waals surface area contributed by atoms with Gasteiger partial charge in [0.1, 0.15) is 0 Å². The molecule has 2 aromatic heterocycles. The highest BCUT2D eigenvalue weighted by Gasteiger charge is 2.24. The van der Waals surface area contributed by atoms with Crippen molar-refractivity contribution in [2.45, 2.75) is 33.1 Å². The number of thiophene rings is 1. The van der Waals surface area contributed by atoms with Crippen LogP contribution in [0.4, 0.5) is 0 Å². The van der Waals surface area contributed by atoms with E-state index in [1.165, 1.54) is 0 Å². The Bertz CT molecular complexity index is 544. The molecule has 2 aromatic rings. The van der Waals surface area contributed by atoms with Crippen LogP contribution in [-0.4, -0.2) is 16.7 Å². The SMILES string of the molecule is CC(C)(C)CC(CN)c1nc(-c2ccc(Br)s2)no1. The molecule has 0 saturated carbocycles. The molecule has 0 aliphatic heterocycles. The average molecular weight is 344 g/mol. The minimum absolute atomic E-state index is 0.115. The summed E-state index contributed by atoms with van der Waals surface area (Å²) in [4.78, 5) is 5.47. The van der Waals surface area contributed by atoms with Gasteiger partial charge in [0.15, 0.2) is 0 Å². The lowest BCUT2D eigenvalue weighted by molar-refractivity contribution is 0.287. The van der Waals surface area contributed by atoms with Gasteiger partial charge in [0, 0.05) is 6.54 Å². The smallest absolute Gasteiger partial charge is 0.231 e. The van der Waals surface area contributed by atoms with Crippen molar-refractivity contribution in [3.63, 3.8) is 0 Å². The zero-order chi connectivity index (χ0) is 14.0. The Labute approximate surface area is 125 Å². The molecule has 0 aliphatic carbocycles. The summed E-state index contributed by atoms with van der Waals surface area (Å²) in [5.41, 5.74) is 6.02. The minimum Gasteiger partial charge on any atom is -0.339 e. The fourth-order valence-corrected chi connectivity index (χ4v) is 3.26. The van der Waals surface area contributed by atoms with E-state index in [0.717, 1.165) is 15.1 Å². The third-order valence-corrected chi connectivity index (χ3v) is 4.35. The van der Waals surface area contributed by atoms with Gasteiger partial charge < -0.3 is 10.3 Å². The summed E-state index contributed by atoms with van der Waals surface area (Å²) in [7, 11) is 0. The topological polar surface area (TPSA) is 64.9 Å². The maximum Gasteiger partial charge on any atom is 0.231 e. The van der Waals surface area contributed by atoms with Crippen molar-refractivity contribution in [1.29, 1.82) is 0 Å². The molecule has 0 saturated heterocycles. The van der Waals surface area contributed by atoms with Crippen molar-refractivity contribution >= 4 is 27.3 Å². The molecule has 2 heterocycles. The van der Waals surface area contributed by atoms with Gasteiger partial charge in [0.25, 0.3) is 0 Å². The van der Waals surface area contributed by atoms with Crippen molar-refractivity contribution in [2.75, 3.05) is 6.54 Å². The first-order valence-corrected chi connectivity index (χ1v) is 7.79. The van der Waals surface area contributed by atoms with Gasteiger partial charge in [-0.3, -0.25) is 0 Å². The molecule has 6 heteroatoms. The second-order valence-corrected chi connectivity index (χ2v) is 8.22. The van der Waals surface area contributed by atoms with Crippen LogP contribution in [0.5, 0.6) is 0 Å². The van der Waals surface area contributed by atoms with E-state index >= 15 is 0 Å².